The van der Waals surface area contributed by atoms with E-state index in [9.17, 15) is 9.59 Å². The molecule has 25 heavy (non-hydrogen) atoms. The molecule has 1 heterocycles. The fraction of sp³-hybridized carbons (Fsp3) is 0.400. The van der Waals surface area contributed by atoms with Crippen LogP contribution < -0.4 is 0 Å². The molecule has 1 N–H and O–H groups in total. The summed E-state index contributed by atoms with van der Waals surface area (Å²) in [6.07, 6.45) is 4.04. The number of amides is 1. The second-order valence-electron chi connectivity index (χ2n) is 6.65. The number of rotatable bonds is 6. The van der Waals surface area contributed by atoms with Gasteiger partial charge in [0.25, 0.3) is 0 Å². The molecule has 132 valence electrons. The third-order valence-electron chi connectivity index (χ3n) is 4.88. The SMILES string of the molecule is O=C(O)C1CCC(C(=O)N(Cc2ccccc2)Cc2ccco2)CC1. The molecule has 1 aliphatic rings. The van der Waals surface area contributed by atoms with Gasteiger partial charge in [0.2, 0.25) is 5.91 Å². The number of carboxylic acid groups (broad SMARTS) is 1. The van der Waals surface area contributed by atoms with Gasteiger partial charge in [-0.2, -0.15) is 0 Å². The van der Waals surface area contributed by atoms with Gasteiger partial charge in [-0.3, -0.25) is 9.59 Å². The summed E-state index contributed by atoms with van der Waals surface area (Å²) in [6.45, 7) is 0.957. The Morgan fingerprint density at radius 3 is 2.24 bits per heavy atom. The van der Waals surface area contributed by atoms with E-state index in [-0.39, 0.29) is 17.7 Å². The van der Waals surface area contributed by atoms with E-state index in [1.165, 1.54) is 0 Å². The number of carbonyl (C=O) groups is 2. The first-order valence-electron chi connectivity index (χ1n) is 8.71. The molecule has 3 rings (SSSR count). The Morgan fingerprint density at radius 2 is 1.64 bits per heavy atom. The highest BCUT2D eigenvalue weighted by atomic mass is 16.4. The standard InChI is InChI=1S/C20H23NO4/c22-19(16-8-10-17(11-9-16)20(23)24)21(14-18-7-4-12-25-18)13-15-5-2-1-3-6-15/h1-7,12,16-17H,8-11,13-14H2,(H,23,24). The summed E-state index contributed by atoms with van der Waals surface area (Å²) in [6, 6.07) is 13.6. The van der Waals surface area contributed by atoms with Crippen molar-refractivity contribution in [1.29, 1.82) is 0 Å². The van der Waals surface area contributed by atoms with E-state index >= 15 is 0 Å². The number of furan rings is 1. The molecule has 0 saturated heterocycles. The highest BCUT2D eigenvalue weighted by Gasteiger charge is 2.32. The number of aliphatic carboxylic acids is 1. The first-order chi connectivity index (χ1) is 12.1. The molecule has 0 atom stereocenters. The highest BCUT2D eigenvalue weighted by Crippen LogP contribution is 2.31. The molecule has 0 unspecified atom stereocenters. The van der Waals surface area contributed by atoms with Gasteiger partial charge in [0, 0.05) is 12.5 Å². The van der Waals surface area contributed by atoms with Crippen LogP contribution in [0.1, 0.15) is 37.0 Å². The molecule has 0 aliphatic heterocycles. The Kier molecular flexibility index (Phi) is 5.53. The maximum absolute atomic E-state index is 13.0. The van der Waals surface area contributed by atoms with Crippen LogP contribution in [0.5, 0.6) is 0 Å². The van der Waals surface area contributed by atoms with Crippen LogP contribution in [0.15, 0.2) is 53.1 Å². The Labute approximate surface area is 147 Å². The molecule has 1 fully saturated rings. The van der Waals surface area contributed by atoms with Gasteiger partial charge >= 0.3 is 5.97 Å². The van der Waals surface area contributed by atoms with Crippen LogP contribution in [0.4, 0.5) is 0 Å². The molecule has 1 amide bonds. The van der Waals surface area contributed by atoms with Crippen LogP contribution in [0, 0.1) is 11.8 Å². The van der Waals surface area contributed by atoms with Crippen LogP contribution in [-0.2, 0) is 22.7 Å². The molecule has 0 radical (unpaired) electrons. The monoisotopic (exact) mass is 341 g/mol. The fourth-order valence-electron chi connectivity index (χ4n) is 3.45. The van der Waals surface area contributed by atoms with Crippen LogP contribution >= 0.6 is 0 Å². The van der Waals surface area contributed by atoms with Crippen molar-refractivity contribution in [3.63, 3.8) is 0 Å². The largest absolute Gasteiger partial charge is 0.481 e. The molecule has 1 aromatic carbocycles. The lowest BCUT2D eigenvalue weighted by atomic mass is 9.81. The van der Waals surface area contributed by atoms with E-state index < -0.39 is 5.97 Å². The van der Waals surface area contributed by atoms with E-state index in [2.05, 4.69) is 0 Å². The normalized spacial score (nSPS) is 20.2. The molecule has 2 aromatic rings. The zero-order valence-electron chi connectivity index (χ0n) is 14.1. The number of hydrogen-bond acceptors (Lipinski definition) is 3. The zero-order chi connectivity index (χ0) is 17.6. The summed E-state index contributed by atoms with van der Waals surface area (Å²) < 4.78 is 5.42. The number of carbonyl (C=O) groups excluding carboxylic acids is 1. The van der Waals surface area contributed by atoms with Gasteiger partial charge in [-0.25, -0.2) is 0 Å². The van der Waals surface area contributed by atoms with Crippen molar-refractivity contribution < 1.29 is 19.1 Å². The van der Waals surface area contributed by atoms with Gasteiger partial charge < -0.3 is 14.4 Å². The van der Waals surface area contributed by atoms with Crippen LogP contribution in [0.3, 0.4) is 0 Å². The smallest absolute Gasteiger partial charge is 0.306 e. The topological polar surface area (TPSA) is 70.8 Å². The minimum absolute atomic E-state index is 0.0871. The van der Waals surface area contributed by atoms with Crippen molar-refractivity contribution in [3.05, 3.63) is 60.1 Å². The van der Waals surface area contributed by atoms with Crippen molar-refractivity contribution in [2.24, 2.45) is 11.8 Å². The van der Waals surface area contributed by atoms with Crippen molar-refractivity contribution in [2.75, 3.05) is 0 Å². The predicted octanol–water partition coefficient (Wildman–Crippen LogP) is 3.70. The lowest BCUT2D eigenvalue weighted by molar-refractivity contribution is -0.146. The molecular formula is C20H23NO4. The van der Waals surface area contributed by atoms with E-state index in [0.717, 1.165) is 11.3 Å². The Hall–Kier alpha value is -2.56. The van der Waals surface area contributed by atoms with Crippen LogP contribution in [0.25, 0.3) is 0 Å². The minimum Gasteiger partial charge on any atom is -0.481 e. The summed E-state index contributed by atoms with van der Waals surface area (Å²) in [7, 11) is 0. The van der Waals surface area contributed by atoms with Gasteiger partial charge in [-0.05, 0) is 43.4 Å². The van der Waals surface area contributed by atoms with Crippen molar-refractivity contribution in [3.8, 4) is 0 Å². The van der Waals surface area contributed by atoms with Crippen molar-refractivity contribution in [1.82, 2.24) is 4.90 Å². The first kappa shape index (κ1) is 17.3. The Balaban J connectivity index is 1.69. The van der Waals surface area contributed by atoms with E-state index in [1.54, 1.807) is 6.26 Å². The van der Waals surface area contributed by atoms with Gasteiger partial charge in [0.15, 0.2) is 0 Å². The average molecular weight is 341 g/mol. The molecule has 1 saturated carbocycles. The summed E-state index contributed by atoms with van der Waals surface area (Å²) in [5.41, 5.74) is 1.07. The number of benzene rings is 1. The van der Waals surface area contributed by atoms with Crippen molar-refractivity contribution in [2.45, 2.75) is 38.8 Å². The lowest BCUT2D eigenvalue weighted by Crippen LogP contribution is -2.37. The number of carboxylic acids is 1. The fourth-order valence-corrected chi connectivity index (χ4v) is 3.45. The minimum atomic E-state index is -0.748. The maximum Gasteiger partial charge on any atom is 0.306 e. The van der Waals surface area contributed by atoms with Gasteiger partial charge in [-0.1, -0.05) is 30.3 Å². The second-order valence-corrected chi connectivity index (χ2v) is 6.65. The number of nitrogens with zero attached hydrogens (tertiary/aromatic N) is 1. The van der Waals surface area contributed by atoms with Crippen LogP contribution in [-0.4, -0.2) is 21.9 Å². The summed E-state index contributed by atoms with van der Waals surface area (Å²) in [5, 5.41) is 9.13. The predicted molar refractivity (Wildman–Crippen MR) is 92.5 cm³/mol. The van der Waals surface area contributed by atoms with E-state index in [0.29, 0.717) is 38.8 Å². The highest BCUT2D eigenvalue weighted by molar-refractivity contribution is 5.79. The third kappa shape index (κ3) is 4.50. The van der Waals surface area contributed by atoms with E-state index in [1.807, 2.05) is 47.4 Å². The Bertz CT molecular complexity index is 688. The molecule has 5 heteroatoms. The maximum atomic E-state index is 13.0. The van der Waals surface area contributed by atoms with Gasteiger partial charge in [0.05, 0.1) is 18.7 Å². The molecular weight excluding hydrogens is 318 g/mol. The average Bonchev–Trinajstić information content (AvgIpc) is 3.14. The molecule has 0 spiro atoms. The van der Waals surface area contributed by atoms with Crippen LogP contribution in [0.2, 0.25) is 0 Å². The van der Waals surface area contributed by atoms with E-state index in [4.69, 9.17) is 9.52 Å². The molecule has 1 aliphatic carbocycles. The summed E-state index contributed by atoms with van der Waals surface area (Å²) in [5.74, 6) is -0.318. The van der Waals surface area contributed by atoms with Gasteiger partial charge in [-0.15, -0.1) is 0 Å². The summed E-state index contributed by atoms with van der Waals surface area (Å²) in [4.78, 5) is 26.0. The Morgan fingerprint density at radius 1 is 0.960 bits per heavy atom. The third-order valence-corrected chi connectivity index (χ3v) is 4.88. The first-order valence-corrected chi connectivity index (χ1v) is 8.71. The zero-order valence-corrected chi connectivity index (χ0v) is 14.1. The molecule has 0 bridgehead atoms. The number of hydrogen-bond donors (Lipinski definition) is 1. The second kappa shape index (κ2) is 8.01. The van der Waals surface area contributed by atoms with Gasteiger partial charge in [0.1, 0.15) is 5.76 Å². The molecule has 1 aromatic heterocycles. The molecule has 5 nitrogen and oxygen atoms in total. The summed E-state index contributed by atoms with van der Waals surface area (Å²) >= 11 is 0. The quantitative estimate of drug-likeness (QED) is 0.870. The lowest BCUT2D eigenvalue weighted by Gasteiger charge is -2.30. The van der Waals surface area contributed by atoms with Crippen molar-refractivity contribution >= 4 is 11.9 Å².